The van der Waals surface area contributed by atoms with E-state index in [0.29, 0.717) is 6.54 Å². The topological polar surface area (TPSA) is 56.8 Å². The molecule has 0 spiro atoms. The van der Waals surface area contributed by atoms with Crippen LogP contribution in [0.15, 0.2) is 0 Å². The lowest BCUT2D eigenvalue weighted by Crippen LogP contribution is -2.47. The van der Waals surface area contributed by atoms with E-state index < -0.39 is 0 Å². The highest BCUT2D eigenvalue weighted by molar-refractivity contribution is 5.74. The van der Waals surface area contributed by atoms with Crippen molar-refractivity contribution in [2.45, 2.75) is 45.1 Å². The van der Waals surface area contributed by atoms with Crippen molar-refractivity contribution in [1.82, 2.24) is 20.4 Å². The normalized spacial score (nSPS) is 22.8. The maximum atomic E-state index is 12.0. The van der Waals surface area contributed by atoms with Gasteiger partial charge in [-0.15, -0.1) is 0 Å². The number of amides is 2. The molecule has 2 aliphatic rings. The number of carbonyl (C=O) groups excluding carboxylic acids is 1. The molecule has 0 aromatic carbocycles. The van der Waals surface area contributed by atoms with Crippen LogP contribution >= 0.6 is 0 Å². The Balaban J connectivity index is 1.56. The average Bonchev–Trinajstić information content (AvgIpc) is 2.92. The summed E-state index contributed by atoms with van der Waals surface area (Å²) >= 11 is 0. The summed E-state index contributed by atoms with van der Waals surface area (Å²) in [6, 6.07) is 0.151. The summed E-state index contributed by atoms with van der Waals surface area (Å²) in [6.45, 7) is 10.7. The fourth-order valence-corrected chi connectivity index (χ4v) is 3.38. The number of nitrogens with zero attached hydrogens (tertiary/aromatic N) is 2. The molecule has 6 heteroatoms. The highest BCUT2D eigenvalue weighted by atomic mass is 16.5. The number of hydrogen-bond acceptors (Lipinski definition) is 4. The van der Waals surface area contributed by atoms with Crippen molar-refractivity contribution < 1.29 is 9.53 Å². The van der Waals surface area contributed by atoms with Gasteiger partial charge in [0, 0.05) is 45.4 Å². The van der Waals surface area contributed by atoms with E-state index in [1.165, 1.54) is 38.8 Å². The highest BCUT2D eigenvalue weighted by Gasteiger charge is 2.14. The molecule has 0 radical (unpaired) electrons. The summed E-state index contributed by atoms with van der Waals surface area (Å²) < 4.78 is 5.44. The Bertz CT molecular complexity index is 325. The molecule has 0 saturated carbocycles. The van der Waals surface area contributed by atoms with Crippen LogP contribution in [0.5, 0.6) is 0 Å². The quantitative estimate of drug-likeness (QED) is 0.772. The third-order valence-corrected chi connectivity index (χ3v) is 4.64. The van der Waals surface area contributed by atoms with Gasteiger partial charge < -0.3 is 20.3 Å². The van der Waals surface area contributed by atoms with Gasteiger partial charge in [0.05, 0.1) is 6.61 Å². The van der Waals surface area contributed by atoms with Crippen LogP contribution in [0.2, 0.25) is 0 Å². The van der Waals surface area contributed by atoms with Crippen LogP contribution in [0.25, 0.3) is 0 Å². The fourth-order valence-electron chi connectivity index (χ4n) is 3.38. The van der Waals surface area contributed by atoms with E-state index in [1.54, 1.807) is 0 Å². The lowest BCUT2D eigenvalue weighted by atomic mass is 10.2. The van der Waals surface area contributed by atoms with Crippen molar-refractivity contribution in [3.05, 3.63) is 0 Å². The predicted octanol–water partition coefficient (Wildman–Crippen LogP) is 1.27. The van der Waals surface area contributed by atoms with E-state index in [1.807, 2.05) is 0 Å². The molecule has 1 atom stereocenters. The molecule has 2 heterocycles. The molecule has 1 unspecified atom stereocenters. The smallest absolute Gasteiger partial charge is 0.315 e. The Labute approximate surface area is 140 Å². The molecule has 0 aromatic rings. The maximum absolute atomic E-state index is 12.0. The Kier molecular flexibility index (Phi) is 8.71. The van der Waals surface area contributed by atoms with E-state index in [4.69, 9.17) is 4.74 Å². The van der Waals surface area contributed by atoms with Crippen LogP contribution in [0.1, 0.15) is 39.0 Å². The number of likely N-dealkylation sites (tertiary alicyclic amines) is 1. The minimum atomic E-state index is -0.0432. The van der Waals surface area contributed by atoms with Crippen LogP contribution in [-0.4, -0.2) is 80.9 Å². The molecule has 0 aromatic heterocycles. The Hall–Kier alpha value is -0.850. The predicted molar refractivity (Wildman–Crippen MR) is 92.8 cm³/mol. The van der Waals surface area contributed by atoms with Gasteiger partial charge in [-0.05, 0) is 39.3 Å². The lowest BCUT2D eigenvalue weighted by molar-refractivity contribution is 0.141. The van der Waals surface area contributed by atoms with Gasteiger partial charge in [-0.2, -0.15) is 0 Å². The van der Waals surface area contributed by atoms with E-state index in [-0.39, 0.29) is 12.1 Å². The molecular weight excluding hydrogens is 292 g/mol. The third kappa shape index (κ3) is 7.99. The molecular formula is C17H34N4O2. The van der Waals surface area contributed by atoms with Gasteiger partial charge in [-0.1, -0.05) is 12.8 Å². The molecule has 0 aliphatic carbocycles. The van der Waals surface area contributed by atoms with E-state index >= 15 is 0 Å². The number of urea groups is 1. The summed E-state index contributed by atoms with van der Waals surface area (Å²) in [6.07, 6.45) is 6.36. The van der Waals surface area contributed by atoms with E-state index in [9.17, 15) is 4.79 Å². The van der Waals surface area contributed by atoms with E-state index in [2.05, 4.69) is 27.4 Å². The number of rotatable bonds is 6. The summed E-state index contributed by atoms with van der Waals surface area (Å²) in [5.41, 5.74) is 0. The van der Waals surface area contributed by atoms with E-state index in [0.717, 1.165) is 45.8 Å². The zero-order valence-corrected chi connectivity index (χ0v) is 14.7. The van der Waals surface area contributed by atoms with Crippen molar-refractivity contribution >= 4 is 6.03 Å². The summed E-state index contributed by atoms with van der Waals surface area (Å²) in [5, 5.41) is 6.04. The monoisotopic (exact) mass is 326 g/mol. The molecule has 2 rings (SSSR count). The molecule has 6 nitrogen and oxygen atoms in total. The number of carbonyl (C=O) groups is 1. The largest absolute Gasteiger partial charge is 0.380 e. The molecule has 2 saturated heterocycles. The van der Waals surface area contributed by atoms with Gasteiger partial charge in [0.25, 0.3) is 0 Å². The minimum Gasteiger partial charge on any atom is -0.380 e. The zero-order chi connectivity index (χ0) is 16.3. The second-order valence-corrected chi connectivity index (χ2v) is 6.82. The highest BCUT2D eigenvalue weighted by Crippen LogP contribution is 2.09. The Morgan fingerprint density at radius 1 is 1.00 bits per heavy atom. The number of nitrogens with one attached hydrogen (secondary N) is 2. The van der Waals surface area contributed by atoms with Crippen molar-refractivity contribution in [2.24, 2.45) is 0 Å². The van der Waals surface area contributed by atoms with Gasteiger partial charge in [-0.3, -0.25) is 4.90 Å². The first kappa shape index (κ1) is 18.5. The van der Waals surface area contributed by atoms with Gasteiger partial charge in [0.15, 0.2) is 0 Å². The van der Waals surface area contributed by atoms with Crippen LogP contribution in [0, 0.1) is 0 Å². The lowest BCUT2D eigenvalue weighted by Gasteiger charge is -2.25. The minimum absolute atomic E-state index is 0.0432. The van der Waals surface area contributed by atoms with Crippen LogP contribution < -0.4 is 10.6 Å². The van der Waals surface area contributed by atoms with Crippen molar-refractivity contribution in [1.29, 1.82) is 0 Å². The molecule has 2 aliphatic heterocycles. The SMILES string of the molecule is CC(CN1CCCCCC1)NC(=O)NCCN1CCCOCC1. The second kappa shape index (κ2) is 10.8. The van der Waals surface area contributed by atoms with Gasteiger partial charge in [0.2, 0.25) is 0 Å². The summed E-state index contributed by atoms with van der Waals surface area (Å²) in [7, 11) is 0. The summed E-state index contributed by atoms with van der Waals surface area (Å²) in [4.78, 5) is 16.8. The molecule has 23 heavy (non-hydrogen) atoms. The first-order chi connectivity index (χ1) is 11.2. The molecule has 2 amide bonds. The number of ether oxygens (including phenoxy) is 1. The molecule has 134 valence electrons. The first-order valence-corrected chi connectivity index (χ1v) is 9.31. The molecule has 0 bridgehead atoms. The van der Waals surface area contributed by atoms with Crippen molar-refractivity contribution in [2.75, 3.05) is 59.0 Å². The molecule has 2 fully saturated rings. The van der Waals surface area contributed by atoms with Gasteiger partial charge >= 0.3 is 6.03 Å². The van der Waals surface area contributed by atoms with Gasteiger partial charge in [-0.25, -0.2) is 4.79 Å². The third-order valence-electron chi connectivity index (χ3n) is 4.64. The Morgan fingerprint density at radius 2 is 1.74 bits per heavy atom. The van der Waals surface area contributed by atoms with Gasteiger partial charge in [0.1, 0.15) is 0 Å². The standard InChI is InChI=1S/C17H34N4O2/c1-16(15-21-8-4-2-3-5-9-21)19-17(22)18-7-11-20-10-6-13-23-14-12-20/h16H,2-15H2,1H3,(H2,18,19,22). The zero-order valence-electron chi connectivity index (χ0n) is 14.7. The Morgan fingerprint density at radius 3 is 2.52 bits per heavy atom. The van der Waals surface area contributed by atoms with Crippen LogP contribution in [0.4, 0.5) is 4.79 Å². The van der Waals surface area contributed by atoms with Crippen LogP contribution in [0.3, 0.4) is 0 Å². The fraction of sp³-hybridized carbons (Fsp3) is 0.941. The van der Waals surface area contributed by atoms with Crippen LogP contribution in [-0.2, 0) is 4.74 Å². The maximum Gasteiger partial charge on any atom is 0.315 e. The average molecular weight is 326 g/mol. The van der Waals surface area contributed by atoms with Crippen molar-refractivity contribution in [3.63, 3.8) is 0 Å². The first-order valence-electron chi connectivity index (χ1n) is 9.31. The van der Waals surface area contributed by atoms with Crippen molar-refractivity contribution in [3.8, 4) is 0 Å². The molecule has 2 N–H and O–H groups in total. The summed E-state index contributed by atoms with van der Waals surface area (Å²) in [5.74, 6) is 0. The number of hydrogen-bond donors (Lipinski definition) is 2. The second-order valence-electron chi connectivity index (χ2n) is 6.82.